The quantitative estimate of drug-likeness (QED) is 0.868. The fraction of sp³-hybridized carbons (Fsp3) is 0.357. The Kier molecular flexibility index (Phi) is 4.18. The molecule has 0 saturated carbocycles. The van der Waals surface area contributed by atoms with Gasteiger partial charge in [0.1, 0.15) is 6.04 Å². The maximum atomic E-state index is 9.49. The minimum absolute atomic E-state index is 0.00817. The van der Waals surface area contributed by atoms with Crippen LogP contribution in [0.2, 0.25) is 0 Å². The number of nitriles is 1. The molecule has 0 radical (unpaired) electrons. The number of nitrogens with zero attached hydrogens (tertiary/aromatic N) is 2. The van der Waals surface area contributed by atoms with Crippen molar-refractivity contribution in [3.63, 3.8) is 0 Å². The summed E-state index contributed by atoms with van der Waals surface area (Å²) in [5.41, 5.74) is 1.10. The van der Waals surface area contributed by atoms with Crippen LogP contribution in [-0.2, 0) is 0 Å². The highest BCUT2D eigenvalue weighted by atomic mass is 79.9. The van der Waals surface area contributed by atoms with Crippen LogP contribution in [0.15, 0.2) is 41.4 Å². The largest absolute Gasteiger partial charge is 0.395 e. The maximum Gasteiger partial charge on any atom is 0.107 e. The Morgan fingerprint density at radius 2 is 2.11 bits per heavy atom. The molecule has 1 heterocycles. The van der Waals surface area contributed by atoms with E-state index in [0.29, 0.717) is 6.54 Å². The van der Waals surface area contributed by atoms with E-state index in [1.807, 2.05) is 29.2 Å². The molecule has 0 aliphatic carbocycles. The van der Waals surface area contributed by atoms with E-state index < -0.39 is 0 Å². The highest BCUT2D eigenvalue weighted by Gasteiger charge is 2.48. The zero-order valence-electron chi connectivity index (χ0n) is 9.96. The normalized spacial score (nSPS) is 27.3. The first kappa shape index (κ1) is 13.3. The Labute approximate surface area is 115 Å². The van der Waals surface area contributed by atoms with Crippen molar-refractivity contribution in [2.75, 3.05) is 13.2 Å². The number of halogens is 1. The number of aliphatic hydroxyl groups is 1. The molecule has 1 aliphatic rings. The van der Waals surface area contributed by atoms with Crippen molar-refractivity contribution in [1.82, 2.24) is 4.90 Å². The minimum atomic E-state index is -0.179. The molecule has 18 heavy (non-hydrogen) atoms. The maximum absolute atomic E-state index is 9.49. The van der Waals surface area contributed by atoms with E-state index in [2.05, 4.69) is 28.6 Å². The molecule has 1 aromatic rings. The van der Waals surface area contributed by atoms with E-state index in [1.54, 1.807) is 6.08 Å². The summed E-state index contributed by atoms with van der Waals surface area (Å²) in [4.78, 5) is 1.99. The Morgan fingerprint density at radius 3 is 2.61 bits per heavy atom. The van der Waals surface area contributed by atoms with Crippen LogP contribution in [0.1, 0.15) is 11.5 Å². The van der Waals surface area contributed by atoms with E-state index in [1.165, 1.54) is 0 Å². The molecular formula is C14H15BrN2O. The first-order valence-electron chi connectivity index (χ1n) is 5.85. The van der Waals surface area contributed by atoms with Crippen LogP contribution in [-0.4, -0.2) is 35.2 Å². The standard InChI is InChI=1S/C14H15BrN2O/c1-2-7-17-12(8-16)14(13(17)9-18)10-3-5-11(15)6-4-10/h2-6,12-14,18H,1,7,9H2/t12-,13-,14-/m1/s1. The molecule has 1 aromatic carbocycles. The fourth-order valence-corrected chi connectivity index (χ4v) is 2.85. The average molecular weight is 307 g/mol. The van der Waals surface area contributed by atoms with Gasteiger partial charge in [-0.05, 0) is 17.7 Å². The summed E-state index contributed by atoms with van der Waals surface area (Å²) >= 11 is 3.40. The number of aliphatic hydroxyl groups excluding tert-OH is 1. The number of hydrogen-bond acceptors (Lipinski definition) is 3. The third-order valence-corrected chi connectivity index (χ3v) is 3.98. The van der Waals surface area contributed by atoms with Crippen LogP contribution in [0.3, 0.4) is 0 Å². The number of likely N-dealkylation sites (tertiary alicyclic amines) is 1. The van der Waals surface area contributed by atoms with Crippen molar-refractivity contribution in [2.24, 2.45) is 0 Å². The van der Waals surface area contributed by atoms with Crippen molar-refractivity contribution in [1.29, 1.82) is 5.26 Å². The van der Waals surface area contributed by atoms with Crippen LogP contribution in [0, 0.1) is 11.3 Å². The van der Waals surface area contributed by atoms with Gasteiger partial charge in [-0.1, -0.05) is 34.1 Å². The molecule has 1 N–H and O–H groups in total. The highest BCUT2D eigenvalue weighted by molar-refractivity contribution is 9.10. The predicted molar refractivity (Wildman–Crippen MR) is 74.1 cm³/mol. The summed E-state index contributed by atoms with van der Waals surface area (Å²) in [5, 5.41) is 18.8. The van der Waals surface area contributed by atoms with Crippen molar-refractivity contribution in [3.8, 4) is 6.07 Å². The lowest BCUT2D eigenvalue weighted by molar-refractivity contribution is -0.00730. The van der Waals surface area contributed by atoms with Crippen LogP contribution >= 0.6 is 15.9 Å². The minimum Gasteiger partial charge on any atom is -0.395 e. The smallest absolute Gasteiger partial charge is 0.107 e. The second-order valence-corrected chi connectivity index (χ2v) is 5.30. The van der Waals surface area contributed by atoms with E-state index in [9.17, 15) is 10.4 Å². The fourth-order valence-electron chi connectivity index (χ4n) is 2.59. The molecule has 3 atom stereocenters. The monoisotopic (exact) mass is 306 g/mol. The van der Waals surface area contributed by atoms with Crippen LogP contribution in [0.4, 0.5) is 0 Å². The zero-order chi connectivity index (χ0) is 13.1. The van der Waals surface area contributed by atoms with Gasteiger partial charge in [-0.15, -0.1) is 6.58 Å². The molecule has 94 valence electrons. The van der Waals surface area contributed by atoms with Crippen LogP contribution < -0.4 is 0 Å². The van der Waals surface area contributed by atoms with Gasteiger partial charge in [-0.2, -0.15) is 5.26 Å². The lowest BCUT2D eigenvalue weighted by Crippen LogP contribution is -2.63. The summed E-state index contributed by atoms with van der Waals surface area (Å²) in [7, 11) is 0. The van der Waals surface area contributed by atoms with E-state index >= 15 is 0 Å². The number of benzene rings is 1. The van der Waals surface area contributed by atoms with E-state index in [-0.39, 0.29) is 24.6 Å². The Bertz CT molecular complexity index is 466. The van der Waals surface area contributed by atoms with Gasteiger partial charge < -0.3 is 5.11 Å². The summed E-state index contributed by atoms with van der Waals surface area (Å²) in [5.74, 6) is 0.0769. The summed E-state index contributed by atoms with van der Waals surface area (Å²) < 4.78 is 1.02. The Balaban J connectivity index is 2.24. The van der Waals surface area contributed by atoms with Gasteiger partial charge in [0.2, 0.25) is 0 Å². The highest BCUT2D eigenvalue weighted by Crippen LogP contribution is 2.40. The van der Waals surface area contributed by atoms with E-state index in [0.717, 1.165) is 10.0 Å². The third-order valence-electron chi connectivity index (χ3n) is 3.45. The zero-order valence-corrected chi connectivity index (χ0v) is 11.5. The SMILES string of the molecule is C=CCN1[C@H](C#N)[C@@H](c2ccc(Br)cc2)[C@H]1CO. The Morgan fingerprint density at radius 1 is 1.44 bits per heavy atom. The Hall–Kier alpha value is -1.15. The average Bonchev–Trinajstić information content (AvgIpc) is 2.37. The van der Waals surface area contributed by atoms with Gasteiger partial charge in [0.05, 0.1) is 12.7 Å². The molecule has 2 rings (SSSR count). The van der Waals surface area contributed by atoms with Crippen LogP contribution in [0.5, 0.6) is 0 Å². The lowest BCUT2D eigenvalue weighted by Gasteiger charge is -2.51. The predicted octanol–water partition coefficient (Wildman–Crippen LogP) is 2.29. The summed E-state index contributed by atoms with van der Waals surface area (Å²) in [6.07, 6.45) is 1.77. The second-order valence-electron chi connectivity index (χ2n) is 4.39. The second kappa shape index (κ2) is 5.66. The van der Waals surface area contributed by atoms with Gasteiger partial charge in [-0.3, -0.25) is 4.90 Å². The van der Waals surface area contributed by atoms with Gasteiger partial charge in [0.15, 0.2) is 0 Å². The first-order chi connectivity index (χ1) is 8.72. The molecule has 1 fully saturated rings. The summed E-state index contributed by atoms with van der Waals surface area (Å²) in [6, 6.07) is 10.1. The molecule has 0 aromatic heterocycles. The molecule has 3 nitrogen and oxygen atoms in total. The number of hydrogen-bond donors (Lipinski definition) is 1. The topological polar surface area (TPSA) is 47.3 Å². The van der Waals surface area contributed by atoms with Crippen molar-refractivity contribution >= 4 is 15.9 Å². The van der Waals surface area contributed by atoms with Crippen LogP contribution in [0.25, 0.3) is 0 Å². The molecule has 0 amide bonds. The van der Waals surface area contributed by atoms with Crippen molar-refractivity contribution in [2.45, 2.75) is 18.0 Å². The van der Waals surface area contributed by atoms with Gasteiger partial charge >= 0.3 is 0 Å². The molecule has 1 saturated heterocycles. The number of rotatable bonds is 4. The molecule has 0 bridgehead atoms. The van der Waals surface area contributed by atoms with Gasteiger partial charge in [0.25, 0.3) is 0 Å². The molecule has 0 unspecified atom stereocenters. The first-order valence-corrected chi connectivity index (χ1v) is 6.64. The lowest BCUT2D eigenvalue weighted by atomic mass is 9.76. The van der Waals surface area contributed by atoms with Gasteiger partial charge in [0, 0.05) is 23.0 Å². The molecule has 0 spiro atoms. The molecule has 4 heteroatoms. The molecule has 1 aliphatic heterocycles. The van der Waals surface area contributed by atoms with E-state index in [4.69, 9.17) is 0 Å². The van der Waals surface area contributed by atoms with Crippen molar-refractivity contribution < 1.29 is 5.11 Å². The molecular weight excluding hydrogens is 292 g/mol. The summed E-state index contributed by atoms with van der Waals surface area (Å²) in [6.45, 7) is 4.39. The third kappa shape index (κ3) is 2.22. The van der Waals surface area contributed by atoms with Gasteiger partial charge in [-0.25, -0.2) is 0 Å². The van der Waals surface area contributed by atoms with Crippen molar-refractivity contribution in [3.05, 3.63) is 47.0 Å².